The standard InChI is InChI=1S/C9H18FNO2S/c1-8(10)3-4-11-5-6-14(12,13)7-9(11)2/h8-9H,3-7H2,1-2H3/t8-,9+/m0/s1. The molecule has 14 heavy (non-hydrogen) atoms. The fraction of sp³-hybridized carbons (Fsp3) is 1.00. The molecule has 0 aromatic rings. The van der Waals surface area contributed by atoms with Crippen molar-refractivity contribution in [1.82, 2.24) is 4.90 Å². The van der Waals surface area contributed by atoms with E-state index in [0.717, 1.165) is 0 Å². The van der Waals surface area contributed by atoms with Crippen molar-refractivity contribution in [3.63, 3.8) is 0 Å². The molecule has 1 saturated heterocycles. The van der Waals surface area contributed by atoms with Crippen LogP contribution < -0.4 is 0 Å². The van der Waals surface area contributed by atoms with Crippen LogP contribution in [0.25, 0.3) is 0 Å². The van der Waals surface area contributed by atoms with E-state index in [-0.39, 0.29) is 17.5 Å². The van der Waals surface area contributed by atoms with Gasteiger partial charge >= 0.3 is 0 Å². The quantitative estimate of drug-likeness (QED) is 0.712. The van der Waals surface area contributed by atoms with Crippen LogP contribution in [0.4, 0.5) is 4.39 Å². The molecule has 0 N–H and O–H groups in total. The van der Waals surface area contributed by atoms with E-state index in [1.54, 1.807) is 0 Å². The summed E-state index contributed by atoms with van der Waals surface area (Å²) in [5.74, 6) is 0.436. The SMILES string of the molecule is C[C@H](F)CCN1CCS(=O)(=O)C[C@H]1C. The molecule has 0 aliphatic carbocycles. The monoisotopic (exact) mass is 223 g/mol. The Labute approximate surface area is 85.2 Å². The van der Waals surface area contributed by atoms with Crippen LogP contribution in [0.5, 0.6) is 0 Å². The first-order valence-electron chi connectivity index (χ1n) is 4.99. The molecule has 0 saturated carbocycles. The molecule has 1 heterocycles. The summed E-state index contributed by atoms with van der Waals surface area (Å²) in [7, 11) is -2.84. The third-order valence-corrected chi connectivity index (χ3v) is 4.42. The summed E-state index contributed by atoms with van der Waals surface area (Å²) in [5.41, 5.74) is 0. The van der Waals surface area contributed by atoms with Gasteiger partial charge in [-0.25, -0.2) is 12.8 Å². The van der Waals surface area contributed by atoms with Crippen LogP contribution in [-0.4, -0.2) is 50.1 Å². The largest absolute Gasteiger partial charge is 0.299 e. The van der Waals surface area contributed by atoms with Gasteiger partial charge in [-0.2, -0.15) is 0 Å². The van der Waals surface area contributed by atoms with Crippen molar-refractivity contribution in [3.05, 3.63) is 0 Å². The predicted octanol–water partition coefficient (Wildman–Crippen LogP) is 0.853. The van der Waals surface area contributed by atoms with E-state index >= 15 is 0 Å². The number of halogens is 1. The number of alkyl halides is 1. The second kappa shape index (κ2) is 4.57. The lowest BCUT2D eigenvalue weighted by molar-refractivity contribution is 0.198. The fourth-order valence-electron chi connectivity index (χ4n) is 1.71. The second-order valence-electron chi connectivity index (χ2n) is 4.07. The van der Waals surface area contributed by atoms with Crippen molar-refractivity contribution in [3.8, 4) is 0 Å². The third kappa shape index (κ3) is 3.53. The van der Waals surface area contributed by atoms with E-state index in [9.17, 15) is 12.8 Å². The molecule has 0 bridgehead atoms. The molecule has 0 unspecified atom stereocenters. The molecular formula is C9H18FNO2S. The van der Waals surface area contributed by atoms with Gasteiger partial charge in [0, 0.05) is 19.1 Å². The molecule has 3 nitrogen and oxygen atoms in total. The first kappa shape index (κ1) is 11.9. The highest BCUT2D eigenvalue weighted by molar-refractivity contribution is 7.91. The molecule has 1 aliphatic heterocycles. The lowest BCUT2D eigenvalue weighted by atomic mass is 10.2. The van der Waals surface area contributed by atoms with Crippen molar-refractivity contribution in [2.75, 3.05) is 24.6 Å². The molecule has 84 valence electrons. The maximum atomic E-state index is 12.6. The maximum absolute atomic E-state index is 12.6. The van der Waals surface area contributed by atoms with Gasteiger partial charge in [-0.1, -0.05) is 0 Å². The molecule has 0 aromatic carbocycles. The van der Waals surface area contributed by atoms with Crippen molar-refractivity contribution in [2.45, 2.75) is 32.5 Å². The second-order valence-corrected chi connectivity index (χ2v) is 6.30. The summed E-state index contributed by atoms with van der Waals surface area (Å²) in [6.45, 7) is 4.63. The normalized spacial score (nSPS) is 30.1. The molecule has 0 spiro atoms. The predicted molar refractivity (Wildman–Crippen MR) is 54.9 cm³/mol. The van der Waals surface area contributed by atoms with Gasteiger partial charge in [-0.3, -0.25) is 4.90 Å². The van der Waals surface area contributed by atoms with E-state index in [2.05, 4.69) is 4.90 Å². The van der Waals surface area contributed by atoms with Crippen LogP contribution in [0, 0.1) is 0 Å². The zero-order chi connectivity index (χ0) is 10.8. The molecular weight excluding hydrogens is 205 g/mol. The van der Waals surface area contributed by atoms with Crippen molar-refractivity contribution >= 4 is 9.84 Å². The minimum absolute atomic E-state index is 0.0347. The van der Waals surface area contributed by atoms with E-state index in [1.807, 2.05) is 6.92 Å². The smallest absolute Gasteiger partial charge is 0.153 e. The van der Waals surface area contributed by atoms with Crippen LogP contribution >= 0.6 is 0 Å². The Bertz CT molecular complexity index is 277. The third-order valence-electron chi connectivity index (χ3n) is 2.62. The zero-order valence-electron chi connectivity index (χ0n) is 8.74. The Hall–Kier alpha value is -0.160. The number of hydrogen-bond donors (Lipinski definition) is 0. The van der Waals surface area contributed by atoms with Gasteiger partial charge in [0.1, 0.15) is 0 Å². The van der Waals surface area contributed by atoms with Crippen LogP contribution in [-0.2, 0) is 9.84 Å². The summed E-state index contributed by atoms with van der Waals surface area (Å²) in [5, 5.41) is 0. The van der Waals surface area contributed by atoms with E-state index in [1.165, 1.54) is 6.92 Å². The average molecular weight is 223 g/mol. The first-order valence-corrected chi connectivity index (χ1v) is 6.81. The summed E-state index contributed by atoms with van der Waals surface area (Å²) in [6, 6.07) is 0.0347. The average Bonchev–Trinajstić information content (AvgIpc) is 2.00. The van der Waals surface area contributed by atoms with Crippen molar-refractivity contribution in [2.24, 2.45) is 0 Å². The number of nitrogens with zero attached hydrogens (tertiary/aromatic N) is 1. The van der Waals surface area contributed by atoms with Crippen LogP contribution in [0.15, 0.2) is 0 Å². The Morgan fingerprint density at radius 3 is 2.71 bits per heavy atom. The van der Waals surface area contributed by atoms with E-state index in [4.69, 9.17) is 0 Å². The maximum Gasteiger partial charge on any atom is 0.153 e. The van der Waals surface area contributed by atoms with Gasteiger partial charge in [0.25, 0.3) is 0 Å². The molecule has 1 aliphatic rings. The van der Waals surface area contributed by atoms with Gasteiger partial charge in [0.05, 0.1) is 17.7 Å². The number of sulfone groups is 1. The topological polar surface area (TPSA) is 37.4 Å². The lowest BCUT2D eigenvalue weighted by Gasteiger charge is -2.33. The Morgan fingerprint density at radius 1 is 1.57 bits per heavy atom. The summed E-state index contributed by atoms with van der Waals surface area (Å²) in [6.07, 6.45) is -0.314. The molecule has 0 amide bonds. The van der Waals surface area contributed by atoms with Crippen molar-refractivity contribution < 1.29 is 12.8 Å². The van der Waals surface area contributed by atoms with Gasteiger partial charge in [0.2, 0.25) is 0 Å². The Balaban J connectivity index is 2.42. The summed E-state index contributed by atoms with van der Waals surface area (Å²) in [4.78, 5) is 2.05. The minimum Gasteiger partial charge on any atom is -0.299 e. The first-order chi connectivity index (χ1) is 6.41. The summed E-state index contributed by atoms with van der Waals surface area (Å²) >= 11 is 0. The lowest BCUT2D eigenvalue weighted by Crippen LogP contribution is -2.47. The highest BCUT2D eigenvalue weighted by Crippen LogP contribution is 2.12. The summed E-state index contributed by atoms with van der Waals surface area (Å²) < 4.78 is 35.1. The molecule has 0 aromatic heterocycles. The van der Waals surface area contributed by atoms with Crippen molar-refractivity contribution in [1.29, 1.82) is 0 Å². The zero-order valence-corrected chi connectivity index (χ0v) is 9.56. The molecule has 2 atom stereocenters. The van der Waals surface area contributed by atoms with Crippen LogP contribution in [0.1, 0.15) is 20.3 Å². The number of hydrogen-bond acceptors (Lipinski definition) is 3. The molecule has 1 fully saturated rings. The van der Waals surface area contributed by atoms with Gasteiger partial charge < -0.3 is 0 Å². The number of rotatable bonds is 3. The van der Waals surface area contributed by atoms with Gasteiger partial charge in [-0.15, -0.1) is 0 Å². The van der Waals surface area contributed by atoms with E-state index in [0.29, 0.717) is 19.5 Å². The molecule has 0 radical (unpaired) electrons. The molecule has 1 rings (SSSR count). The highest BCUT2D eigenvalue weighted by atomic mass is 32.2. The minimum atomic E-state index is -2.84. The Morgan fingerprint density at radius 2 is 2.21 bits per heavy atom. The van der Waals surface area contributed by atoms with E-state index < -0.39 is 16.0 Å². The fourth-order valence-corrected chi connectivity index (χ4v) is 3.33. The Kier molecular flexibility index (Phi) is 3.89. The van der Waals surface area contributed by atoms with Gasteiger partial charge in [-0.05, 0) is 20.3 Å². The van der Waals surface area contributed by atoms with Crippen LogP contribution in [0.3, 0.4) is 0 Å². The molecule has 5 heteroatoms. The highest BCUT2D eigenvalue weighted by Gasteiger charge is 2.27. The van der Waals surface area contributed by atoms with Crippen LogP contribution in [0.2, 0.25) is 0 Å². The van der Waals surface area contributed by atoms with Gasteiger partial charge in [0.15, 0.2) is 9.84 Å².